The maximum Gasteiger partial charge on any atom is 0.416 e. The molecular weight excluding hydrogens is 934 g/mol. The Bertz CT molecular complexity index is 3970. The third kappa shape index (κ3) is 7.06. The van der Waals surface area contributed by atoms with E-state index in [0.29, 0.717) is 22.1 Å². The average Bonchev–Trinajstić information content (AvgIpc) is 3.86. The molecule has 0 unspecified atom stereocenters. The Morgan fingerprint density at radius 2 is 0.625 bits per heavy atom. The van der Waals surface area contributed by atoms with Crippen molar-refractivity contribution in [1.82, 2.24) is 9.13 Å². The van der Waals surface area contributed by atoms with E-state index in [4.69, 9.17) is 0 Å². The smallest absolute Gasteiger partial charge is 0.308 e. The first kappa shape index (κ1) is 44.4. The summed E-state index contributed by atoms with van der Waals surface area (Å²) in [5.74, 6) is 0. The number of para-hydroxylation sites is 2. The van der Waals surface area contributed by atoms with Gasteiger partial charge < -0.3 is 9.13 Å². The fraction of sp³-hybridized carbons (Fsp3) is 0.0500. The van der Waals surface area contributed by atoms with Gasteiger partial charge in [-0.05, 0) is 111 Å². The van der Waals surface area contributed by atoms with Crippen molar-refractivity contribution in [3.8, 4) is 50.8 Å². The Morgan fingerprint density at radius 1 is 0.319 bits per heavy atom. The van der Waals surface area contributed by atoms with Crippen LogP contribution in [0.15, 0.2) is 194 Å². The number of alkyl halides is 9. The van der Waals surface area contributed by atoms with Gasteiger partial charge in [-0.3, -0.25) is 0 Å². The number of halogens is 9. The van der Waals surface area contributed by atoms with Crippen molar-refractivity contribution in [2.24, 2.45) is 0 Å². The van der Waals surface area contributed by atoms with E-state index in [1.807, 2.05) is 130 Å². The molecule has 350 valence electrons. The van der Waals surface area contributed by atoms with Crippen LogP contribution in [-0.2, 0) is 18.5 Å². The van der Waals surface area contributed by atoms with Crippen LogP contribution < -0.4 is 0 Å². The second-order valence-electron chi connectivity index (χ2n) is 17.7. The molecule has 0 radical (unpaired) electrons. The van der Waals surface area contributed by atoms with E-state index in [1.54, 1.807) is 0 Å². The van der Waals surface area contributed by atoms with Gasteiger partial charge in [0.25, 0.3) is 0 Å². The highest BCUT2D eigenvalue weighted by atomic mass is 19.4. The summed E-state index contributed by atoms with van der Waals surface area (Å²) in [6.07, 6.45) is -14.3. The zero-order valence-corrected chi connectivity index (χ0v) is 37.2. The van der Waals surface area contributed by atoms with Crippen LogP contribution >= 0.6 is 0 Å². The third-order valence-electron chi connectivity index (χ3n) is 13.6. The number of nitrogens with zero attached hydrogens (tertiary/aromatic N) is 3. The van der Waals surface area contributed by atoms with Gasteiger partial charge >= 0.3 is 18.5 Å². The van der Waals surface area contributed by atoms with Crippen molar-refractivity contribution in [1.29, 1.82) is 5.26 Å². The third-order valence-corrected chi connectivity index (χ3v) is 13.6. The molecule has 0 aliphatic rings. The van der Waals surface area contributed by atoms with Crippen molar-refractivity contribution in [3.05, 3.63) is 216 Å². The zero-order valence-electron chi connectivity index (χ0n) is 37.2. The quantitative estimate of drug-likeness (QED) is 0.158. The van der Waals surface area contributed by atoms with E-state index < -0.39 is 35.2 Å². The summed E-state index contributed by atoms with van der Waals surface area (Å²) in [7, 11) is 0. The highest BCUT2D eigenvalue weighted by Crippen LogP contribution is 2.53. The largest absolute Gasteiger partial charge is 0.416 e. The lowest BCUT2D eigenvalue weighted by atomic mass is 9.83. The summed E-state index contributed by atoms with van der Waals surface area (Å²) in [6.45, 7) is 0. The van der Waals surface area contributed by atoms with Gasteiger partial charge in [-0.1, -0.05) is 121 Å². The maximum atomic E-state index is 14.6. The molecule has 0 aliphatic heterocycles. The highest BCUT2D eigenvalue weighted by Gasteiger charge is 2.36. The Hall–Kier alpha value is -8.82. The first-order valence-corrected chi connectivity index (χ1v) is 22.6. The Balaban J connectivity index is 1.39. The number of fused-ring (bicyclic) bond motifs is 8. The molecule has 10 aromatic carbocycles. The van der Waals surface area contributed by atoms with Gasteiger partial charge in [-0.2, -0.15) is 44.8 Å². The average molecular weight is 966 g/mol. The monoisotopic (exact) mass is 965 g/mol. The van der Waals surface area contributed by atoms with Gasteiger partial charge in [-0.15, -0.1) is 0 Å². The van der Waals surface area contributed by atoms with Crippen LogP contribution in [-0.4, -0.2) is 9.13 Å². The van der Waals surface area contributed by atoms with Crippen molar-refractivity contribution in [2.75, 3.05) is 0 Å². The topological polar surface area (TPSA) is 33.6 Å². The molecule has 0 fully saturated rings. The molecule has 72 heavy (non-hydrogen) atoms. The summed E-state index contributed by atoms with van der Waals surface area (Å²) in [4.78, 5) is 0. The van der Waals surface area contributed by atoms with Crippen LogP contribution in [0.3, 0.4) is 0 Å². The molecule has 2 heterocycles. The molecule has 12 heteroatoms. The molecule has 12 rings (SSSR count). The summed E-state index contributed by atoms with van der Waals surface area (Å²) >= 11 is 0. The lowest BCUT2D eigenvalue weighted by Crippen LogP contribution is -2.11. The van der Waals surface area contributed by atoms with Crippen LogP contribution in [0.5, 0.6) is 0 Å². The minimum atomic E-state index is -4.76. The molecule has 0 saturated heterocycles. The van der Waals surface area contributed by atoms with Gasteiger partial charge in [0, 0.05) is 38.2 Å². The first-order valence-electron chi connectivity index (χ1n) is 22.6. The van der Waals surface area contributed by atoms with Crippen LogP contribution in [0.4, 0.5) is 39.5 Å². The maximum absolute atomic E-state index is 14.6. The van der Waals surface area contributed by atoms with Gasteiger partial charge in [-0.25, -0.2) is 0 Å². The van der Waals surface area contributed by atoms with E-state index in [9.17, 15) is 44.8 Å². The van der Waals surface area contributed by atoms with Gasteiger partial charge in [0.15, 0.2) is 0 Å². The Kier molecular flexibility index (Phi) is 9.94. The number of aromatic nitrogens is 2. The van der Waals surface area contributed by atoms with E-state index >= 15 is 0 Å². The first-order chi connectivity index (χ1) is 34.6. The zero-order chi connectivity index (χ0) is 49.8. The normalized spacial score (nSPS) is 12.5. The SMILES string of the molecule is N#Cc1c(-c2ccc(C(F)(F)F)cc2)c(-n2c3ccccc3c3cc4ccccc4cc32)c(-c2ccc(C(F)(F)F)cc2)c(-n2c3ccccc3c3cc4ccccc4cc32)c1-c1ccc(C(F)(F)F)cc1. The minimum Gasteiger partial charge on any atom is -0.308 e. The van der Waals surface area contributed by atoms with Crippen molar-refractivity contribution < 1.29 is 39.5 Å². The molecule has 0 bridgehead atoms. The highest BCUT2D eigenvalue weighted by molar-refractivity contribution is 6.18. The molecule has 2 aromatic heterocycles. The lowest BCUT2D eigenvalue weighted by Gasteiger charge is -2.28. The molecule has 0 atom stereocenters. The number of nitriles is 1. The molecule has 0 spiro atoms. The number of hydrogen-bond donors (Lipinski definition) is 0. The predicted octanol–water partition coefficient (Wildman–Crippen LogP) is 18.1. The summed E-state index contributed by atoms with van der Waals surface area (Å²) in [6, 6.07) is 53.6. The second-order valence-corrected chi connectivity index (χ2v) is 17.7. The number of hydrogen-bond acceptors (Lipinski definition) is 1. The number of rotatable bonds is 5. The van der Waals surface area contributed by atoms with Gasteiger partial charge in [0.05, 0.1) is 55.7 Å². The van der Waals surface area contributed by atoms with E-state index in [-0.39, 0.29) is 50.3 Å². The number of benzene rings is 10. The minimum absolute atomic E-state index is 0.0850. The second kappa shape index (κ2) is 16.1. The molecule has 0 N–H and O–H groups in total. The molecule has 0 amide bonds. The van der Waals surface area contributed by atoms with Crippen molar-refractivity contribution in [2.45, 2.75) is 18.5 Å². The lowest BCUT2D eigenvalue weighted by molar-refractivity contribution is -0.138. The van der Waals surface area contributed by atoms with Crippen LogP contribution in [0.1, 0.15) is 22.3 Å². The summed E-state index contributed by atoms with van der Waals surface area (Å²) in [5, 5.41) is 18.4. The van der Waals surface area contributed by atoms with Crippen molar-refractivity contribution in [3.63, 3.8) is 0 Å². The fourth-order valence-corrected chi connectivity index (χ4v) is 10.4. The van der Waals surface area contributed by atoms with Crippen LogP contribution in [0, 0.1) is 11.3 Å². The van der Waals surface area contributed by atoms with Crippen LogP contribution in [0.2, 0.25) is 0 Å². The molecule has 12 aromatic rings. The van der Waals surface area contributed by atoms with Gasteiger partial charge in [0.1, 0.15) is 6.07 Å². The summed E-state index contributed by atoms with van der Waals surface area (Å²) in [5.41, 5.74) is 0.672. The van der Waals surface area contributed by atoms with E-state index in [2.05, 4.69) is 6.07 Å². The Morgan fingerprint density at radius 3 is 0.958 bits per heavy atom. The van der Waals surface area contributed by atoms with E-state index in [0.717, 1.165) is 79.5 Å². The van der Waals surface area contributed by atoms with Crippen molar-refractivity contribution >= 4 is 65.2 Å². The standard InChI is InChI=1S/C60H32F9N3/c61-58(62,63)41-23-17-34(18-24-41)53-48(33-70)54(35-19-25-42(26-20-35)59(64,65)66)57(72-50-16-8-6-14-45(50)47-30-38-10-2-4-12-40(38)32-52(47)72)55(36-21-27-43(28-22-36)60(67,68)69)56(53)71-49-15-7-5-13-44(49)46-29-37-9-1-3-11-39(37)31-51(46)71/h1-32H. The molecule has 0 aliphatic carbocycles. The predicted molar refractivity (Wildman–Crippen MR) is 266 cm³/mol. The van der Waals surface area contributed by atoms with Gasteiger partial charge in [0.2, 0.25) is 0 Å². The van der Waals surface area contributed by atoms with Crippen LogP contribution in [0.25, 0.3) is 110 Å². The van der Waals surface area contributed by atoms with E-state index in [1.165, 1.54) is 36.4 Å². The molecule has 0 saturated carbocycles. The molecular formula is C60H32F9N3. The molecule has 3 nitrogen and oxygen atoms in total. The Labute approximate surface area is 403 Å². The fourth-order valence-electron chi connectivity index (χ4n) is 10.4. The summed E-state index contributed by atoms with van der Waals surface area (Å²) < 4.78 is 134.